The second-order valence-corrected chi connectivity index (χ2v) is 9.45. The number of aromatic amines is 2. The number of fused-ring (bicyclic) bond motifs is 2. The lowest BCUT2D eigenvalue weighted by Crippen LogP contribution is -2.38. The van der Waals surface area contributed by atoms with E-state index in [1.165, 1.54) is 6.07 Å². The molecule has 10 heteroatoms. The minimum absolute atomic E-state index is 0.0506. The van der Waals surface area contributed by atoms with Crippen molar-refractivity contribution in [1.29, 1.82) is 0 Å². The van der Waals surface area contributed by atoms with Crippen LogP contribution in [-0.4, -0.2) is 59.0 Å². The van der Waals surface area contributed by atoms with Crippen molar-refractivity contribution < 1.29 is 19.1 Å². The third-order valence-corrected chi connectivity index (χ3v) is 7.03. The zero-order chi connectivity index (χ0) is 24.5. The highest BCUT2D eigenvalue weighted by Gasteiger charge is 2.29. The summed E-state index contributed by atoms with van der Waals surface area (Å²) < 4.78 is 11.4. The van der Waals surface area contributed by atoms with Crippen molar-refractivity contribution in [3.63, 3.8) is 0 Å². The Bertz CT molecular complexity index is 1340. The van der Waals surface area contributed by atoms with Gasteiger partial charge in [0.2, 0.25) is 0 Å². The molecule has 0 unspecified atom stereocenters. The van der Waals surface area contributed by atoms with Gasteiger partial charge in [0.15, 0.2) is 5.78 Å². The first-order valence-corrected chi connectivity index (χ1v) is 12.2. The molecular weight excluding hydrogens is 472 g/mol. The molecule has 1 saturated heterocycles. The van der Waals surface area contributed by atoms with E-state index >= 15 is 0 Å². The van der Waals surface area contributed by atoms with Crippen molar-refractivity contribution in [3.05, 3.63) is 56.5 Å². The van der Waals surface area contributed by atoms with Gasteiger partial charge in [0.1, 0.15) is 17.4 Å². The molecule has 2 aromatic carbocycles. The molecule has 1 aromatic heterocycles. The van der Waals surface area contributed by atoms with Crippen LogP contribution in [0.2, 0.25) is 5.02 Å². The number of carbonyl (C=O) groups is 2. The van der Waals surface area contributed by atoms with Crippen LogP contribution in [0, 0.1) is 0 Å². The van der Waals surface area contributed by atoms with Gasteiger partial charge in [-0.2, -0.15) is 0 Å². The summed E-state index contributed by atoms with van der Waals surface area (Å²) in [6.45, 7) is 2.85. The van der Waals surface area contributed by atoms with Crippen LogP contribution in [0.25, 0.3) is 11.0 Å². The number of halogens is 1. The molecule has 1 fully saturated rings. The second-order valence-electron chi connectivity index (χ2n) is 9.04. The Morgan fingerprint density at radius 3 is 2.74 bits per heavy atom. The van der Waals surface area contributed by atoms with E-state index in [1.54, 1.807) is 18.2 Å². The summed E-state index contributed by atoms with van der Waals surface area (Å²) >= 11 is 6.21. The Morgan fingerprint density at radius 2 is 1.94 bits per heavy atom. The molecule has 3 aromatic rings. The number of benzene rings is 2. The van der Waals surface area contributed by atoms with E-state index in [2.05, 4.69) is 14.9 Å². The SMILES string of the molecule is Nc1c(Cl)cc(C(=O)OC2CCN(CCCC(=O)c3ccc4[nH]c(=O)[nH]c4c3)CC2)c2c1CCO2. The topological polar surface area (TPSA) is 131 Å². The molecule has 0 radical (unpaired) electrons. The fourth-order valence-corrected chi connectivity index (χ4v) is 5.02. The number of anilines is 1. The van der Waals surface area contributed by atoms with E-state index in [0.29, 0.717) is 58.1 Å². The number of piperidine rings is 1. The van der Waals surface area contributed by atoms with Crippen molar-refractivity contribution in [2.45, 2.75) is 38.2 Å². The van der Waals surface area contributed by atoms with Crippen molar-refractivity contribution >= 4 is 40.1 Å². The summed E-state index contributed by atoms with van der Waals surface area (Å²) in [5, 5.41) is 0.340. The average molecular weight is 499 g/mol. The fraction of sp³-hybridized carbons (Fsp3) is 0.400. The van der Waals surface area contributed by atoms with Gasteiger partial charge in [-0.05, 0) is 50.1 Å². The predicted octanol–water partition coefficient (Wildman–Crippen LogP) is 3.31. The molecule has 35 heavy (non-hydrogen) atoms. The van der Waals surface area contributed by atoms with Crippen molar-refractivity contribution in [3.8, 4) is 5.75 Å². The fourth-order valence-electron chi connectivity index (χ4n) is 4.80. The number of likely N-dealkylation sites (tertiary alicyclic amines) is 1. The zero-order valence-corrected chi connectivity index (χ0v) is 20.0. The zero-order valence-electron chi connectivity index (χ0n) is 19.2. The number of ketones is 1. The highest BCUT2D eigenvalue weighted by atomic mass is 35.5. The van der Waals surface area contributed by atoms with Crippen molar-refractivity contribution in [2.24, 2.45) is 0 Å². The van der Waals surface area contributed by atoms with Crippen LogP contribution in [0.4, 0.5) is 5.69 Å². The summed E-state index contributed by atoms with van der Waals surface area (Å²) in [4.78, 5) is 44.4. The number of ether oxygens (including phenoxy) is 2. The minimum Gasteiger partial charge on any atom is -0.492 e. The lowest BCUT2D eigenvalue weighted by atomic mass is 10.0. The summed E-state index contributed by atoms with van der Waals surface area (Å²) in [6, 6.07) is 6.72. The number of esters is 1. The van der Waals surface area contributed by atoms with Gasteiger partial charge in [-0.25, -0.2) is 9.59 Å². The van der Waals surface area contributed by atoms with Gasteiger partial charge in [0.05, 0.1) is 28.4 Å². The number of hydrogen-bond donors (Lipinski definition) is 3. The van der Waals surface area contributed by atoms with Crippen LogP contribution in [-0.2, 0) is 11.2 Å². The van der Waals surface area contributed by atoms with Gasteiger partial charge in [0.25, 0.3) is 0 Å². The molecule has 2 aliphatic rings. The third kappa shape index (κ3) is 4.92. The molecule has 184 valence electrons. The lowest BCUT2D eigenvalue weighted by Gasteiger charge is -2.31. The predicted molar refractivity (Wildman–Crippen MR) is 132 cm³/mol. The summed E-state index contributed by atoms with van der Waals surface area (Å²) in [5.74, 6) is 0.102. The molecule has 0 spiro atoms. The van der Waals surface area contributed by atoms with Gasteiger partial charge in [-0.15, -0.1) is 0 Å². The Balaban J connectivity index is 1.09. The Morgan fingerprint density at radius 1 is 1.17 bits per heavy atom. The number of aromatic nitrogens is 2. The first-order chi connectivity index (χ1) is 16.9. The van der Waals surface area contributed by atoms with Gasteiger partial charge >= 0.3 is 11.7 Å². The van der Waals surface area contributed by atoms with E-state index in [1.807, 2.05) is 0 Å². The van der Waals surface area contributed by atoms with Gasteiger partial charge in [-0.3, -0.25) is 4.79 Å². The molecule has 0 saturated carbocycles. The molecule has 0 aliphatic carbocycles. The number of rotatable bonds is 7. The van der Waals surface area contributed by atoms with Crippen LogP contribution in [0.1, 0.15) is 52.0 Å². The van der Waals surface area contributed by atoms with Gasteiger partial charge in [0, 0.05) is 37.1 Å². The molecule has 2 aliphatic heterocycles. The molecule has 0 amide bonds. The first-order valence-electron chi connectivity index (χ1n) is 11.8. The third-order valence-electron chi connectivity index (χ3n) is 6.72. The van der Waals surface area contributed by atoms with Crippen molar-refractivity contribution in [1.82, 2.24) is 14.9 Å². The van der Waals surface area contributed by atoms with E-state index in [0.717, 1.165) is 44.5 Å². The molecule has 0 atom stereocenters. The first kappa shape index (κ1) is 23.4. The highest BCUT2D eigenvalue weighted by molar-refractivity contribution is 6.33. The molecule has 5 rings (SSSR count). The maximum absolute atomic E-state index is 12.8. The number of carbonyl (C=O) groups excluding carboxylic acids is 2. The molecule has 0 bridgehead atoms. The molecule has 9 nitrogen and oxygen atoms in total. The average Bonchev–Trinajstić information content (AvgIpc) is 3.48. The second kappa shape index (κ2) is 9.75. The van der Waals surface area contributed by atoms with Crippen LogP contribution in [0.15, 0.2) is 29.1 Å². The van der Waals surface area contributed by atoms with Gasteiger partial charge in [-0.1, -0.05) is 11.6 Å². The van der Waals surface area contributed by atoms with E-state index < -0.39 is 5.97 Å². The maximum Gasteiger partial charge on any atom is 0.342 e. The minimum atomic E-state index is -0.435. The highest BCUT2D eigenvalue weighted by Crippen LogP contribution is 2.39. The molecular formula is C25H27ClN4O5. The molecule has 4 N–H and O–H groups in total. The van der Waals surface area contributed by atoms with Gasteiger partial charge < -0.3 is 30.1 Å². The van der Waals surface area contributed by atoms with Crippen LogP contribution in [0.3, 0.4) is 0 Å². The number of nitrogen functional groups attached to an aromatic ring is 1. The number of imidazole rings is 1. The Labute approximate surface area is 206 Å². The monoisotopic (exact) mass is 498 g/mol. The van der Waals surface area contributed by atoms with Crippen LogP contribution >= 0.6 is 11.6 Å². The van der Waals surface area contributed by atoms with E-state index in [9.17, 15) is 14.4 Å². The largest absolute Gasteiger partial charge is 0.492 e. The number of Topliss-reactive ketones (excluding diaryl/α,β-unsaturated/α-hetero) is 1. The number of nitrogens with one attached hydrogen (secondary N) is 2. The van der Waals surface area contributed by atoms with Crippen LogP contribution in [0.5, 0.6) is 5.75 Å². The Hall–Kier alpha value is -3.30. The quantitative estimate of drug-likeness (QED) is 0.259. The summed E-state index contributed by atoms with van der Waals surface area (Å²) in [7, 11) is 0. The maximum atomic E-state index is 12.8. The summed E-state index contributed by atoms with van der Waals surface area (Å²) in [6.07, 6.45) is 3.06. The number of nitrogens with two attached hydrogens (primary N) is 1. The summed E-state index contributed by atoms with van der Waals surface area (Å²) in [5.41, 5.74) is 9.21. The number of H-pyrrole nitrogens is 2. The van der Waals surface area contributed by atoms with E-state index in [-0.39, 0.29) is 17.6 Å². The lowest BCUT2D eigenvalue weighted by molar-refractivity contribution is 0.0109. The standard InChI is InChI=1S/C25H27ClN4O5/c26-18-13-17(23-16(22(18)27)7-11-34-23)24(32)35-15-5-9-30(10-6-15)8-1-2-21(31)14-3-4-19-20(12-14)29-25(33)28-19/h3-4,12-13,15H,1-2,5-11,27H2,(H2,28,29,33). The van der Waals surface area contributed by atoms with E-state index in [4.69, 9.17) is 26.8 Å². The normalized spacial score (nSPS) is 16.3. The van der Waals surface area contributed by atoms with Crippen LogP contribution < -0.4 is 16.2 Å². The molecule has 3 heterocycles. The van der Waals surface area contributed by atoms with Crippen molar-refractivity contribution in [2.75, 3.05) is 32.0 Å². The smallest absolute Gasteiger partial charge is 0.342 e. The Kier molecular flexibility index (Phi) is 6.53. The number of nitrogens with zero attached hydrogens (tertiary/aromatic N) is 1. The number of hydrogen-bond acceptors (Lipinski definition) is 7.